The van der Waals surface area contributed by atoms with Crippen LogP contribution >= 0.6 is 11.6 Å². The van der Waals surface area contributed by atoms with E-state index in [-0.39, 0.29) is 5.82 Å². The molecule has 0 saturated carbocycles. The van der Waals surface area contributed by atoms with E-state index in [0.717, 1.165) is 5.56 Å². The van der Waals surface area contributed by atoms with Crippen LogP contribution in [0.25, 0.3) is 0 Å². The number of hydrogen-bond acceptors (Lipinski definition) is 0. The Labute approximate surface area is 76.4 Å². The Balaban J connectivity index is 2.66. The monoisotopic (exact) mass is 182 g/mol. The van der Waals surface area contributed by atoms with Crippen LogP contribution in [-0.2, 0) is 0 Å². The molecule has 0 N–H and O–H groups in total. The van der Waals surface area contributed by atoms with Gasteiger partial charge >= 0.3 is 0 Å². The van der Waals surface area contributed by atoms with E-state index in [1.807, 2.05) is 0 Å². The van der Waals surface area contributed by atoms with E-state index < -0.39 is 0 Å². The first-order valence-corrected chi connectivity index (χ1v) is 4.17. The second-order valence-corrected chi connectivity index (χ2v) is 2.63. The molecule has 0 atom stereocenters. The molecule has 12 heavy (non-hydrogen) atoms. The highest BCUT2D eigenvalue weighted by molar-refractivity contribution is 6.18. The van der Waals surface area contributed by atoms with Crippen molar-refractivity contribution in [1.82, 2.24) is 0 Å². The molecule has 0 heterocycles. The topological polar surface area (TPSA) is 0 Å². The van der Waals surface area contributed by atoms with Gasteiger partial charge in [0.15, 0.2) is 0 Å². The highest BCUT2D eigenvalue weighted by atomic mass is 35.5. The lowest BCUT2D eigenvalue weighted by atomic mass is 10.2. The van der Waals surface area contributed by atoms with Crippen LogP contribution in [0.4, 0.5) is 4.39 Å². The van der Waals surface area contributed by atoms with Gasteiger partial charge < -0.3 is 0 Å². The molecule has 1 aromatic carbocycles. The van der Waals surface area contributed by atoms with Crippen molar-refractivity contribution in [3.63, 3.8) is 0 Å². The van der Waals surface area contributed by atoms with Gasteiger partial charge in [0.2, 0.25) is 0 Å². The van der Waals surface area contributed by atoms with Crippen LogP contribution in [0.1, 0.15) is 12.0 Å². The first kappa shape index (κ1) is 9.09. The van der Waals surface area contributed by atoms with Crippen molar-refractivity contribution in [2.24, 2.45) is 0 Å². The lowest BCUT2D eigenvalue weighted by molar-refractivity contribution is 0.627. The van der Waals surface area contributed by atoms with Gasteiger partial charge in [0, 0.05) is 17.9 Å². The van der Waals surface area contributed by atoms with E-state index in [1.165, 1.54) is 12.1 Å². The summed E-state index contributed by atoms with van der Waals surface area (Å²) in [5.41, 5.74) is 0.821. The maximum atomic E-state index is 12.4. The quantitative estimate of drug-likeness (QED) is 0.463. The third-order valence-corrected chi connectivity index (χ3v) is 1.49. The van der Waals surface area contributed by atoms with Crippen LogP contribution in [0.5, 0.6) is 0 Å². The molecule has 0 radical (unpaired) electrons. The minimum atomic E-state index is -0.238. The Morgan fingerprint density at radius 3 is 2.50 bits per heavy atom. The Bertz CT molecular complexity index is 292. The highest BCUT2D eigenvalue weighted by Crippen LogP contribution is 2.00. The fourth-order valence-corrected chi connectivity index (χ4v) is 0.840. The molecular formula is C10H8ClF. The zero-order valence-corrected chi connectivity index (χ0v) is 7.24. The van der Waals surface area contributed by atoms with E-state index in [0.29, 0.717) is 12.3 Å². The van der Waals surface area contributed by atoms with Gasteiger partial charge in [0.05, 0.1) is 0 Å². The second-order valence-electron chi connectivity index (χ2n) is 2.25. The van der Waals surface area contributed by atoms with Crippen LogP contribution in [0.3, 0.4) is 0 Å². The molecule has 2 heteroatoms. The molecule has 0 bridgehead atoms. The number of alkyl halides is 1. The van der Waals surface area contributed by atoms with Gasteiger partial charge in [-0.1, -0.05) is 11.8 Å². The van der Waals surface area contributed by atoms with Crippen LogP contribution in [-0.4, -0.2) is 5.88 Å². The third kappa shape index (κ3) is 2.94. The van der Waals surface area contributed by atoms with E-state index in [2.05, 4.69) is 11.8 Å². The first-order valence-electron chi connectivity index (χ1n) is 3.63. The van der Waals surface area contributed by atoms with Crippen molar-refractivity contribution < 1.29 is 4.39 Å². The van der Waals surface area contributed by atoms with E-state index in [4.69, 9.17) is 11.6 Å². The van der Waals surface area contributed by atoms with Gasteiger partial charge in [-0.15, -0.1) is 11.6 Å². The molecule has 0 fully saturated rings. The fourth-order valence-electron chi connectivity index (χ4n) is 0.745. The van der Waals surface area contributed by atoms with Crippen LogP contribution < -0.4 is 0 Å². The van der Waals surface area contributed by atoms with Gasteiger partial charge in [-0.25, -0.2) is 4.39 Å². The molecule has 0 nitrogen and oxygen atoms in total. The molecule has 0 aliphatic rings. The SMILES string of the molecule is Fc1ccc(C#CCCCl)cc1. The summed E-state index contributed by atoms with van der Waals surface area (Å²) in [6.07, 6.45) is 0.666. The van der Waals surface area contributed by atoms with Crippen molar-refractivity contribution in [2.75, 3.05) is 5.88 Å². The molecule has 0 aromatic heterocycles. The largest absolute Gasteiger partial charge is 0.207 e. The predicted octanol–water partition coefficient (Wildman–Crippen LogP) is 2.81. The molecule has 62 valence electrons. The Kier molecular flexibility index (Phi) is 3.63. The third-order valence-electron chi connectivity index (χ3n) is 1.30. The predicted molar refractivity (Wildman–Crippen MR) is 48.6 cm³/mol. The van der Waals surface area contributed by atoms with Gasteiger partial charge in [0.1, 0.15) is 5.82 Å². The average Bonchev–Trinajstić information content (AvgIpc) is 2.09. The molecule has 1 aromatic rings. The van der Waals surface area contributed by atoms with Crippen molar-refractivity contribution >= 4 is 11.6 Å². The minimum absolute atomic E-state index is 0.238. The summed E-state index contributed by atoms with van der Waals surface area (Å²) < 4.78 is 12.4. The summed E-state index contributed by atoms with van der Waals surface area (Å²) in [4.78, 5) is 0. The zero-order valence-electron chi connectivity index (χ0n) is 6.48. The zero-order chi connectivity index (χ0) is 8.81. The second kappa shape index (κ2) is 4.79. The van der Waals surface area contributed by atoms with Crippen LogP contribution in [0.15, 0.2) is 24.3 Å². The minimum Gasteiger partial charge on any atom is -0.207 e. The van der Waals surface area contributed by atoms with Crippen molar-refractivity contribution in [3.8, 4) is 11.8 Å². The average molecular weight is 183 g/mol. The lowest BCUT2D eigenvalue weighted by Crippen LogP contribution is -1.76. The number of hydrogen-bond donors (Lipinski definition) is 0. The number of rotatable bonds is 1. The van der Waals surface area contributed by atoms with Crippen molar-refractivity contribution in [1.29, 1.82) is 0 Å². The van der Waals surface area contributed by atoms with Gasteiger partial charge in [-0.05, 0) is 24.3 Å². The molecule has 0 spiro atoms. The van der Waals surface area contributed by atoms with E-state index >= 15 is 0 Å². The van der Waals surface area contributed by atoms with Gasteiger partial charge in [-0.2, -0.15) is 0 Å². The maximum Gasteiger partial charge on any atom is 0.123 e. The molecule has 0 amide bonds. The highest BCUT2D eigenvalue weighted by Gasteiger charge is 1.87. The molecule has 0 aliphatic heterocycles. The summed E-state index contributed by atoms with van der Waals surface area (Å²) in [6, 6.07) is 6.09. The maximum absolute atomic E-state index is 12.4. The van der Waals surface area contributed by atoms with Crippen LogP contribution in [0, 0.1) is 17.7 Å². The molecule has 0 saturated heterocycles. The summed E-state index contributed by atoms with van der Waals surface area (Å²) in [5.74, 6) is 6.04. The van der Waals surface area contributed by atoms with Gasteiger partial charge in [0.25, 0.3) is 0 Å². The Hall–Kier alpha value is -1.00. The summed E-state index contributed by atoms with van der Waals surface area (Å²) in [7, 11) is 0. The summed E-state index contributed by atoms with van der Waals surface area (Å²) >= 11 is 5.43. The number of benzene rings is 1. The fraction of sp³-hybridized carbons (Fsp3) is 0.200. The summed E-state index contributed by atoms with van der Waals surface area (Å²) in [5, 5.41) is 0. The lowest BCUT2D eigenvalue weighted by Gasteiger charge is -1.88. The smallest absolute Gasteiger partial charge is 0.123 e. The van der Waals surface area contributed by atoms with Crippen molar-refractivity contribution in [3.05, 3.63) is 35.6 Å². The van der Waals surface area contributed by atoms with E-state index in [1.54, 1.807) is 12.1 Å². The molecule has 0 unspecified atom stereocenters. The van der Waals surface area contributed by atoms with Gasteiger partial charge in [-0.3, -0.25) is 0 Å². The molecule has 0 aliphatic carbocycles. The Morgan fingerprint density at radius 2 is 1.92 bits per heavy atom. The van der Waals surface area contributed by atoms with E-state index in [9.17, 15) is 4.39 Å². The normalized spacial score (nSPS) is 8.83. The number of halogens is 2. The first-order chi connectivity index (χ1) is 5.83. The van der Waals surface area contributed by atoms with Crippen LogP contribution in [0.2, 0.25) is 0 Å². The molecular weight excluding hydrogens is 175 g/mol. The molecule has 1 rings (SSSR count). The summed E-state index contributed by atoms with van der Waals surface area (Å²) in [6.45, 7) is 0. The Morgan fingerprint density at radius 1 is 1.25 bits per heavy atom. The standard InChI is InChI=1S/C10H8ClF/c11-8-2-1-3-9-4-6-10(12)7-5-9/h4-7H,2,8H2. The van der Waals surface area contributed by atoms with Crippen molar-refractivity contribution in [2.45, 2.75) is 6.42 Å².